The average molecular weight is 421 g/mol. The second-order valence-electron chi connectivity index (χ2n) is 6.67. The third kappa shape index (κ3) is 4.77. The predicted molar refractivity (Wildman–Crippen MR) is 114 cm³/mol. The number of nitrogens with one attached hydrogen (secondary N) is 2. The van der Waals surface area contributed by atoms with Gasteiger partial charge in [-0.25, -0.2) is 0 Å². The summed E-state index contributed by atoms with van der Waals surface area (Å²) >= 11 is 0. The number of ether oxygens (including phenoxy) is 2. The summed E-state index contributed by atoms with van der Waals surface area (Å²) < 4.78 is 18.3. The van der Waals surface area contributed by atoms with Crippen molar-refractivity contribution in [1.29, 1.82) is 0 Å². The number of carbonyl (C=O) groups excluding carboxylic acids is 1. The van der Waals surface area contributed by atoms with Gasteiger partial charge in [0, 0.05) is 12.3 Å². The fraction of sp³-hybridized carbons (Fsp3) is 0.227. The minimum Gasteiger partial charge on any atom is -0.490 e. The van der Waals surface area contributed by atoms with Crippen molar-refractivity contribution in [1.82, 2.24) is 20.0 Å². The van der Waals surface area contributed by atoms with Crippen LogP contribution in [0.1, 0.15) is 29.9 Å². The molecule has 9 heteroatoms. The van der Waals surface area contributed by atoms with E-state index in [9.17, 15) is 4.79 Å². The second kappa shape index (κ2) is 9.21. The molecule has 31 heavy (non-hydrogen) atoms. The Bertz CT molecular complexity index is 1150. The molecule has 0 spiro atoms. The quantitative estimate of drug-likeness (QED) is 0.424. The largest absolute Gasteiger partial charge is 0.490 e. The molecule has 0 radical (unpaired) electrons. The third-order valence-corrected chi connectivity index (χ3v) is 4.44. The highest BCUT2D eigenvalue weighted by atomic mass is 16.5. The van der Waals surface area contributed by atoms with E-state index in [1.807, 2.05) is 32.0 Å². The van der Waals surface area contributed by atoms with Crippen LogP contribution < -0.4 is 14.8 Å². The molecule has 0 atom stereocenters. The van der Waals surface area contributed by atoms with Crippen LogP contribution in [-0.4, -0.2) is 39.1 Å². The van der Waals surface area contributed by atoms with Gasteiger partial charge < -0.3 is 19.2 Å². The van der Waals surface area contributed by atoms with E-state index in [-0.39, 0.29) is 11.6 Å². The van der Waals surface area contributed by atoms with E-state index < -0.39 is 0 Å². The zero-order chi connectivity index (χ0) is 21.6. The summed E-state index contributed by atoms with van der Waals surface area (Å²) in [6.45, 7) is 5.51. The second-order valence-corrected chi connectivity index (χ2v) is 6.67. The van der Waals surface area contributed by atoms with Crippen molar-refractivity contribution in [2.24, 2.45) is 0 Å². The smallest absolute Gasteiger partial charge is 0.276 e. The first-order valence-electron chi connectivity index (χ1n) is 9.98. The van der Waals surface area contributed by atoms with Crippen LogP contribution in [-0.2, 0) is 6.54 Å². The van der Waals surface area contributed by atoms with E-state index in [1.165, 1.54) is 0 Å². The first-order chi connectivity index (χ1) is 15.2. The molecule has 0 aliphatic carbocycles. The van der Waals surface area contributed by atoms with Crippen LogP contribution in [0.25, 0.3) is 11.5 Å². The standard InChI is InChI=1S/C22H23N5O4/c1-3-29-20-8-7-15(10-21(20)30-4-2)13-27-14-16(12-23-27)24-22(28)18-11-17(25-26-18)19-6-5-9-31-19/h5-12,14H,3-4,13H2,1-2H3,(H,24,28)(H,25,26). The highest BCUT2D eigenvalue weighted by molar-refractivity contribution is 6.03. The van der Waals surface area contributed by atoms with Gasteiger partial charge in [-0.1, -0.05) is 6.07 Å². The fourth-order valence-electron chi connectivity index (χ4n) is 3.09. The van der Waals surface area contributed by atoms with Gasteiger partial charge in [0.2, 0.25) is 0 Å². The normalized spacial score (nSPS) is 10.8. The van der Waals surface area contributed by atoms with Gasteiger partial charge in [-0.05, 0) is 43.7 Å². The van der Waals surface area contributed by atoms with E-state index in [0.29, 0.717) is 42.6 Å². The molecule has 9 nitrogen and oxygen atoms in total. The van der Waals surface area contributed by atoms with Crippen molar-refractivity contribution in [3.63, 3.8) is 0 Å². The maximum atomic E-state index is 12.5. The summed E-state index contributed by atoms with van der Waals surface area (Å²) in [6, 6.07) is 11.0. The lowest BCUT2D eigenvalue weighted by Gasteiger charge is -2.12. The van der Waals surface area contributed by atoms with Crippen LogP contribution in [0.2, 0.25) is 0 Å². The molecule has 1 aromatic carbocycles. The first kappa shape index (κ1) is 20.3. The minimum atomic E-state index is -0.340. The fourth-order valence-corrected chi connectivity index (χ4v) is 3.09. The number of carbonyl (C=O) groups is 1. The van der Waals surface area contributed by atoms with Crippen molar-refractivity contribution in [2.75, 3.05) is 18.5 Å². The number of furan rings is 1. The Morgan fingerprint density at radius 2 is 2.00 bits per heavy atom. The zero-order valence-electron chi connectivity index (χ0n) is 17.3. The van der Waals surface area contributed by atoms with Gasteiger partial charge in [0.25, 0.3) is 5.91 Å². The Morgan fingerprint density at radius 1 is 1.16 bits per heavy atom. The predicted octanol–water partition coefficient (Wildman–Crippen LogP) is 3.96. The van der Waals surface area contributed by atoms with Crippen molar-refractivity contribution in [2.45, 2.75) is 20.4 Å². The summed E-state index contributed by atoms with van der Waals surface area (Å²) in [5, 5.41) is 14.0. The van der Waals surface area contributed by atoms with E-state index >= 15 is 0 Å². The van der Waals surface area contributed by atoms with Crippen LogP contribution in [0.3, 0.4) is 0 Å². The summed E-state index contributed by atoms with van der Waals surface area (Å²) in [7, 11) is 0. The number of nitrogens with zero attached hydrogens (tertiary/aromatic N) is 3. The minimum absolute atomic E-state index is 0.256. The summed E-state index contributed by atoms with van der Waals surface area (Å²) in [5.41, 5.74) is 2.46. The lowest BCUT2D eigenvalue weighted by molar-refractivity contribution is 0.102. The molecular formula is C22H23N5O4. The molecule has 0 unspecified atom stereocenters. The Balaban J connectivity index is 1.41. The number of aromatic amines is 1. The van der Waals surface area contributed by atoms with Gasteiger partial charge >= 0.3 is 0 Å². The highest BCUT2D eigenvalue weighted by Crippen LogP contribution is 2.29. The topological polar surface area (TPSA) is 107 Å². The molecule has 3 aromatic heterocycles. The molecule has 1 amide bonds. The number of amides is 1. The average Bonchev–Trinajstić information content (AvgIpc) is 3.52. The van der Waals surface area contributed by atoms with Crippen LogP contribution in [0.4, 0.5) is 5.69 Å². The molecule has 4 aromatic rings. The number of aromatic nitrogens is 4. The Hall–Kier alpha value is -4.01. The maximum absolute atomic E-state index is 12.5. The first-order valence-corrected chi connectivity index (χ1v) is 9.98. The Morgan fingerprint density at radius 3 is 2.77 bits per heavy atom. The van der Waals surface area contributed by atoms with Crippen LogP contribution in [0.15, 0.2) is 59.5 Å². The van der Waals surface area contributed by atoms with E-state index in [2.05, 4.69) is 20.6 Å². The monoisotopic (exact) mass is 421 g/mol. The number of benzene rings is 1. The van der Waals surface area contributed by atoms with Gasteiger partial charge in [-0.3, -0.25) is 14.6 Å². The SMILES string of the molecule is CCOc1ccc(Cn2cc(NC(=O)c3cc(-c4ccco4)[nH]n3)cn2)cc1OCC. The number of anilines is 1. The number of hydrogen-bond acceptors (Lipinski definition) is 6. The third-order valence-electron chi connectivity index (χ3n) is 4.44. The number of rotatable bonds is 9. The molecule has 2 N–H and O–H groups in total. The van der Waals surface area contributed by atoms with Gasteiger partial charge in [-0.15, -0.1) is 0 Å². The van der Waals surface area contributed by atoms with Gasteiger partial charge in [-0.2, -0.15) is 10.2 Å². The van der Waals surface area contributed by atoms with Crippen molar-refractivity contribution < 1.29 is 18.7 Å². The molecule has 0 bridgehead atoms. The van der Waals surface area contributed by atoms with Gasteiger partial charge in [0.05, 0.1) is 37.9 Å². The Kier molecular flexibility index (Phi) is 6.02. The van der Waals surface area contributed by atoms with Crippen molar-refractivity contribution in [3.8, 4) is 23.0 Å². The summed E-state index contributed by atoms with van der Waals surface area (Å²) in [6.07, 6.45) is 4.91. The maximum Gasteiger partial charge on any atom is 0.276 e. The molecule has 0 fully saturated rings. The Labute approximate surface area is 179 Å². The molecular weight excluding hydrogens is 398 g/mol. The highest BCUT2D eigenvalue weighted by Gasteiger charge is 2.14. The van der Waals surface area contributed by atoms with Crippen LogP contribution >= 0.6 is 0 Å². The van der Waals surface area contributed by atoms with E-state index in [0.717, 1.165) is 11.3 Å². The molecule has 0 saturated heterocycles. The summed E-state index contributed by atoms with van der Waals surface area (Å²) in [4.78, 5) is 12.5. The van der Waals surface area contributed by atoms with E-state index in [4.69, 9.17) is 13.9 Å². The zero-order valence-corrected chi connectivity index (χ0v) is 17.3. The summed E-state index contributed by atoms with van der Waals surface area (Å²) in [5.74, 6) is 1.69. The lowest BCUT2D eigenvalue weighted by atomic mass is 10.2. The van der Waals surface area contributed by atoms with E-state index in [1.54, 1.807) is 41.5 Å². The van der Waals surface area contributed by atoms with Crippen LogP contribution in [0.5, 0.6) is 11.5 Å². The lowest BCUT2D eigenvalue weighted by Crippen LogP contribution is -2.11. The molecule has 3 heterocycles. The number of H-pyrrole nitrogens is 1. The molecule has 0 aliphatic heterocycles. The van der Waals surface area contributed by atoms with Gasteiger partial charge in [0.1, 0.15) is 5.69 Å². The molecule has 4 rings (SSSR count). The van der Waals surface area contributed by atoms with Crippen molar-refractivity contribution in [3.05, 3.63) is 66.3 Å². The molecule has 0 aliphatic rings. The van der Waals surface area contributed by atoms with Crippen molar-refractivity contribution >= 4 is 11.6 Å². The number of hydrogen-bond donors (Lipinski definition) is 2. The van der Waals surface area contributed by atoms with Crippen LogP contribution in [0, 0.1) is 0 Å². The molecule has 0 saturated carbocycles. The van der Waals surface area contributed by atoms with Gasteiger partial charge in [0.15, 0.2) is 23.0 Å². The molecule has 160 valence electrons.